The van der Waals surface area contributed by atoms with E-state index >= 15 is 0 Å². The molecule has 0 atom stereocenters. The molecule has 0 aliphatic carbocycles. The van der Waals surface area contributed by atoms with Crippen LogP contribution >= 0.6 is 0 Å². The highest BCUT2D eigenvalue weighted by atomic mass is 14.9. The van der Waals surface area contributed by atoms with E-state index in [-0.39, 0.29) is 0 Å². The van der Waals surface area contributed by atoms with Gasteiger partial charge < -0.3 is 0 Å². The monoisotopic (exact) mass is 213 g/mol. The van der Waals surface area contributed by atoms with Crippen molar-refractivity contribution in [2.45, 2.75) is 26.7 Å². The first-order chi connectivity index (χ1) is 7.85. The van der Waals surface area contributed by atoms with E-state index in [9.17, 15) is 0 Å². The lowest BCUT2D eigenvalue weighted by atomic mass is 10.1. The molecule has 82 valence electrons. The quantitative estimate of drug-likeness (QED) is 0.716. The SMILES string of the molecule is CCc1ccc[n+](-c2ccncc2CC)c1. The summed E-state index contributed by atoms with van der Waals surface area (Å²) in [5.74, 6) is 0. The summed E-state index contributed by atoms with van der Waals surface area (Å²) in [4.78, 5) is 4.17. The van der Waals surface area contributed by atoms with E-state index in [2.05, 4.69) is 54.0 Å². The first-order valence-corrected chi connectivity index (χ1v) is 5.78. The Hall–Kier alpha value is -1.70. The van der Waals surface area contributed by atoms with Crippen molar-refractivity contribution in [1.29, 1.82) is 0 Å². The maximum atomic E-state index is 4.17. The van der Waals surface area contributed by atoms with Crippen LogP contribution in [0.15, 0.2) is 43.0 Å². The Labute approximate surface area is 96.6 Å². The number of hydrogen-bond acceptors (Lipinski definition) is 1. The Morgan fingerprint density at radius 3 is 2.81 bits per heavy atom. The van der Waals surface area contributed by atoms with Gasteiger partial charge in [-0.15, -0.1) is 0 Å². The highest BCUT2D eigenvalue weighted by Gasteiger charge is 2.10. The Bertz CT molecular complexity index is 478. The van der Waals surface area contributed by atoms with Gasteiger partial charge in [0.1, 0.15) is 0 Å². The van der Waals surface area contributed by atoms with E-state index in [1.807, 2.05) is 12.4 Å². The van der Waals surface area contributed by atoms with Gasteiger partial charge in [-0.2, -0.15) is 4.57 Å². The van der Waals surface area contributed by atoms with Crippen LogP contribution in [-0.4, -0.2) is 4.98 Å². The molecule has 0 bridgehead atoms. The molecule has 2 heterocycles. The summed E-state index contributed by atoms with van der Waals surface area (Å²) in [6.07, 6.45) is 10.1. The first kappa shape index (κ1) is 10.8. The van der Waals surface area contributed by atoms with E-state index in [1.54, 1.807) is 0 Å². The van der Waals surface area contributed by atoms with Crippen molar-refractivity contribution in [1.82, 2.24) is 4.98 Å². The molecule has 2 heteroatoms. The lowest BCUT2D eigenvalue weighted by Crippen LogP contribution is -2.31. The minimum Gasteiger partial charge on any atom is -0.264 e. The number of nitrogens with zero attached hydrogens (tertiary/aromatic N) is 2. The highest BCUT2D eigenvalue weighted by Crippen LogP contribution is 2.07. The zero-order valence-corrected chi connectivity index (χ0v) is 9.85. The zero-order chi connectivity index (χ0) is 11.4. The lowest BCUT2D eigenvalue weighted by molar-refractivity contribution is -0.596. The average molecular weight is 213 g/mol. The van der Waals surface area contributed by atoms with Crippen LogP contribution in [0.1, 0.15) is 25.0 Å². The van der Waals surface area contributed by atoms with Crippen LogP contribution in [0, 0.1) is 0 Å². The highest BCUT2D eigenvalue weighted by molar-refractivity contribution is 5.30. The summed E-state index contributed by atoms with van der Waals surface area (Å²) in [7, 11) is 0. The summed E-state index contributed by atoms with van der Waals surface area (Å²) in [5.41, 5.74) is 3.86. The predicted octanol–water partition coefficient (Wildman–Crippen LogP) is 2.48. The van der Waals surface area contributed by atoms with Crippen molar-refractivity contribution in [3.8, 4) is 5.69 Å². The fraction of sp³-hybridized carbons (Fsp3) is 0.286. The van der Waals surface area contributed by atoms with E-state index in [1.165, 1.54) is 16.8 Å². The predicted molar refractivity (Wildman–Crippen MR) is 64.5 cm³/mol. The molecule has 16 heavy (non-hydrogen) atoms. The minimum absolute atomic E-state index is 1.01. The molecular formula is C14H17N2+. The molecule has 0 radical (unpaired) electrons. The van der Waals surface area contributed by atoms with Gasteiger partial charge in [0.25, 0.3) is 0 Å². The maximum Gasteiger partial charge on any atom is 0.216 e. The molecule has 0 saturated heterocycles. The second-order valence-corrected chi connectivity index (χ2v) is 3.83. The summed E-state index contributed by atoms with van der Waals surface area (Å²) < 4.78 is 2.18. The van der Waals surface area contributed by atoms with Crippen molar-refractivity contribution in [2.75, 3.05) is 0 Å². The second kappa shape index (κ2) is 4.88. The smallest absolute Gasteiger partial charge is 0.216 e. The molecule has 0 fully saturated rings. The van der Waals surface area contributed by atoms with Crippen LogP contribution in [0.25, 0.3) is 5.69 Å². The summed E-state index contributed by atoms with van der Waals surface area (Å²) in [5, 5.41) is 0. The topological polar surface area (TPSA) is 16.8 Å². The number of aromatic nitrogens is 2. The normalized spacial score (nSPS) is 10.4. The number of aryl methyl sites for hydroxylation is 2. The molecule has 0 aliphatic rings. The van der Waals surface area contributed by atoms with Crippen LogP contribution in [-0.2, 0) is 12.8 Å². The number of hydrogen-bond donors (Lipinski definition) is 0. The summed E-state index contributed by atoms with van der Waals surface area (Å²) >= 11 is 0. The first-order valence-electron chi connectivity index (χ1n) is 5.78. The largest absolute Gasteiger partial charge is 0.264 e. The molecule has 2 aromatic rings. The number of pyridine rings is 2. The standard InChI is InChI=1S/C14H17N2/c1-3-12-6-5-9-16(11-12)14-7-8-15-10-13(14)4-2/h5-11H,3-4H2,1-2H3/q+1. The zero-order valence-electron chi connectivity index (χ0n) is 9.85. The maximum absolute atomic E-state index is 4.17. The van der Waals surface area contributed by atoms with Gasteiger partial charge in [-0.1, -0.05) is 13.8 Å². The van der Waals surface area contributed by atoms with Crippen molar-refractivity contribution >= 4 is 0 Å². The van der Waals surface area contributed by atoms with Crippen molar-refractivity contribution in [2.24, 2.45) is 0 Å². The van der Waals surface area contributed by atoms with Crippen LogP contribution in [0.2, 0.25) is 0 Å². The van der Waals surface area contributed by atoms with Gasteiger partial charge in [0.05, 0.1) is 0 Å². The van der Waals surface area contributed by atoms with Gasteiger partial charge in [-0.3, -0.25) is 4.98 Å². The molecule has 0 saturated carbocycles. The number of rotatable bonds is 3. The van der Waals surface area contributed by atoms with E-state index in [0.717, 1.165) is 12.8 Å². The second-order valence-electron chi connectivity index (χ2n) is 3.83. The fourth-order valence-electron chi connectivity index (χ4n) is 1.83. The van der Waals surface area contributed by atoms with Gasteiger partial charge >= 0.3 is 0 Å². The minimum atomic E-state index is 1.01. The van der Waals surface area contributed by atoms with Gasteiger partial charge in [0.2, 0.25) is 5.69 Å². The van der Waals surface area contributed by atoms with Crippen LogP contribution < -0.4 is 4.57 Å². The molecule has 2 aromatic heterocycles. The van der Waals surface area contributed by atoms with E-state index in [0.29, 0.717) is 0 Å². The molecule has 2 nitrogen and oxygen atoms in total. The molecule has 0 aliphatic heterocycles. The van der Waals surface area contributed by atoms with E-state index < -0.39 is 0 Å². The fourth-order valence-corrected chi connectivity index (χ4v) is 1.83. The Kier molecular flexibility index (Phi) is 3.30. The Morgan fingerprint density at radius 2 is 2.06 bits per heavy atom. The summed E-state index contributed by atoms with van der Waals surface area (Å²) in [6.45, 7) is 4.33. The van der Waals surface area contributed by atoms with Gasteiger partial charge in [-0.25, -0.2) is 0 Å². The van der Waals surface area contributed by atoms with Crippen LogP contribution in [0.3, 0.4) is 0 Å². The molecule has 0 spiro atoms. The van der Waals surface area contributed by atoms with Crippen molar-refractivity contribution in [3.63, 3.8) is 0 Å². The van der Waals surface area contributed by atoms with Gasteiger partial charge in [0.15, 0.2) is 12.4 Å². The Morgan fingerprint density at radius 1 is 1.19 bits per heavy atom. The third kappa shape index (κ3) is 2.11. The average Bonchev–Trinajstić information content (AvgIpc) is 2.38. The molecule has 0 N–H and O–H groups in total. The van der Waals surface area contributed by atoms with Crippen molar-refractivity contribution < 1.29 is 4.57 Å². The molecular weight excluding hydrogens is 196 g/mol. The molecule has 0 aromatic carbocycles. The van der Waals surface area contributed by atoms with Crippen molar-refractivity contribution in [3.05, 3.63) is 54.1 Å². The van der Waals surface area contributed by atoms with Gasteiger partial charge in [0, 0.05) is 35.7 Å². The van der Waals surface area contributed by atoms with Gasteiger partial charge in [-0.05, 0) is 18.9 Å². The third-order valence-corrected chi connectivity index (χ3v) is 2.81. The molecule has 2 rings (SSSR count). The van der Waals surface area contributed by atoms with Crippen LogP contribution in [0.5, 0.6) is 0 Å². The molecule has 0 unspecified atom stereocenters. The van der Waals surface area contributed by atoms with E-state index in [4.69, 9.17) is 0 Å². The third-order valence-electron chi connectivity index (χ3n) is 2.81. The van der Waals surface area contributed by atoms with Crippen LogP contribution in [0.4, 0.5) is 0 Å². The summed E-state index contributed by atoms with van der Waals surface area (Å²) in [6, 6.07) is 6.32. The lowest BCUT2D eigenvalue weighted by Gasteiger charge is -2.02. The Balaban J connectivity index is 2.49. The molecule has 0 amide bonds.